The van der Waals surface area contributed by atoms with Crippen molar-refractivity contribution >= 4 is 5.97 Å². The third-order valence-electron chi connectivity index (χ3n) is 3.61. The summed E-state index contributed by atoms with van der Waals surface area (Å²) in [6.45, 7) is 10.7. The maximum Gasteiger partial charge on any atom is 0.307 e. The van der Waals surface area contributed by atoms with Crippen molar-refractivity contribution in [2.24, 2.45) is 22.7 Å². The first-order valence-corrected chi connectivity index (χ1v) is 4.90. The van der Waals surface area contributed by atoms with Crippen LogP contribution >= 0.6 is 0 Å². The molecule has 1 N–H and O–H groups in total. The molecule has 1 saturated carbocycles. The van der Waals surface area contributed by atoms with Gasteiger partial charge in [0.2, 0.25) is 0 Å². The van der Waals surface area contributed by atoms with Crippen LogP contribution in [0.15, 0.2) is 0 Å². The van der Waals surface area contributed by atoms with Crippen molar-refractivity contribution in [2.45, 2.75) is 48.5 Å². The summed E-state index contributed by atoms with van der Waals surface area (Å²) in [5.74, 6) is -0.247. The van der Waals surface area contributed by atoms with Crippen LogP contribution in [0.2, 0.25) is 0 Å². The van der Waals surface area contributed by atoms with E-state index >= 15 is 0 Å². The molecule has 0 saturated heterocycles. The van der Waals surface area contributed by atoms with Crippen molar-refractivity contribution in [3.05, 3.63) is 0 Å². The lowest BCUT2D eigenvalue weighted by atomic mass is 9.48. The van der Waals surface area contributed by atoms with E-state index in [-0.39, 0.29) is 24.2 Å². The number of hydrogen-bond donors (Lipinski definition) is 1. The van der Waals surface area contributed by atoms with Crippen molar-refractivity contribution in [3.63, 3.8) is 0 Å². The fraction of sp³-hybridized carbons (Fsp3) is 0.917. The molecule has 0 aromatic heterocycles. The van der Waals surface area contributed by atoms with Crippen LogP contribution in [0.5, 0.6) is 0 Å². The Morgan fingerprint density at radius 2 is 1.79 bits per heavy atom. The summed E-state index contributed by atoms with van der Waals surface area (Å²) >= 11 is 0. The lowest BCUT2D eigenvalue weighted by molar-refractivity contribution is -0.166. The molecule has 0 spiro atoms. The van der Waals surface area contributed by atoms with E-state index in [1.54, 1.807) is 0 Å². The summed E-state index contributed by atoms with van der Waals surface area (Å²) < 4.78 is 0. The average Bonchev–Trinajstić information content (AvgIpc) is 1.80. The third-order valence-corrected chi connectivity index (χ3v) is 3.61. The van der Waals surface area contributed by atoms with Crippen LogP contribution in [-0.4, -0.2) is 11.1 Å². The SMILES string of the molecule is C.CC(C)(C)C1CC(C(=O)O)C1(C)C. The third kappa shape index (κ3) is 1.94. The van der Waals surface area contributed by atoms with Gasteiger partial charge < -0.3 is 5.11 Å². The molecule has 0 aromatic carbocycles. The molecule has 2 atom stereocenters. The zero-order valence-corrected chi connectivity index (χ0v) is 9.22. The van der Waals surface area contributed by atoms with E-state index in [2.05, 4.69) is 34.6 Å². The van der Waals surface area contributed by atoms with Crippen LogP contribution in [0.4, 0.5) is 0 Å². The molecule has 1 aliphatic carbocycles. The van der Waals surface area contributed by atoms with Crippen molar-refractivity contribution < 1.29 is 9.90 Å². The van der Waals surface area contributed by atoms with E-state index in [4.69, 9.17) is 5.11 Å². The second-order valence-electron chi connectivity index (χ2n) is 5.87. The van der Waals surface area contributed by atoms with Gasteiger partial charge in [-0.25, -0.2) is 0 Å². The Morgan fingerprint density at radius 3 is 2.00 bits per heavy atom. The Balaban J connectivity index is 0.00000169. The molecule has 0 aliphatic heterocycles. The standard InChI is InChI=1S/C11H20O2.CH4/c1-10(2,3)8-6-7(9(12)13)11(8,4)5;/h7-8H,6H2,1-5H3,(H,12,13);1H4. The predicted octanol–water partition coefficient (Wildman–Crippen LogP) is 3.42. The molecule has 0 heterocycles. The average molecular weight is 200 g/mol. The van der Waals surface area contributed by atoms with Gasteiger partial charge in [0.1, 0.15) is 0 Å². The van der Waals surface area contributed by atoms with Gasteiger partial charge in [0, 0.05) is 0 Å². The topological polar surface area (TPSA) is 37.3 Å². The maximum absolute atomic E-state index is 10.9. The Bertz CT molecular complexity index is 223. The Kier molecular flexibility index (Phi) is 3.42. The van der Waals surface area contributed by atoms with Crippen molar-refractivity contribution in [2.75, 3.05) is 0 Å². The first kappa shape index (κ1) is 13.5. The van der Waals surface area contributed by atoms with Gasteiger partial charge in [-0.1, -0.05) is 42.0 Å². The molecule has 14 heavy (non-hydrogen) atoms. The van der Waals surface area contributed by atoms with Gasteiger partial charge in [0.05, 0.1) is 5.92 Å². The van der Waals surface area contributed by atoms with Crippen LogP contribution in [0.3, 0.4) is 0 Å². The largest absolute Gasteiger partial charge is 0.481 e. The number of carboxylic acid groups (broad SMARTS) is 1. The minimum atomic E-state index is -0.634. The first-order chi connectivity index (χ1) is 5.67. The van der Waals surface area contributed by atoms with Gasteiger partial charge >= 0.3 is 5.97 Å². The monoisotopic (exact) mass is 200 g/mol. The van der Waals surface area contributed by atoms with Crippen LogP contribution < -0.4 is 0 Å². The minimum absolute atomic E-state index is 0. The van der Waals surface area contributed by atoms with Crippen molar-refractivity contribution in [1.29, 1.82) is 0 Å². The first-order valence-electron chi connectivity index (χ1n) is 4.90. The minimum Gasteiger partial charge on any atom is -0.481 e. The lowest BCUT2D eigenvalue weighted by Gasteiger charge is -2.56. The molecule has 2 unspecified atom stereocenters. The fourth-order valence-corrected chi connectivity index (χ4v) is 2.81. The van der Waals surface area contributed by atoms with Crippen molar-refractivity contribution in [3.8, 4) is 0 Å². The molecule has 1 aliphatic rings. The molecule has 2 heteroatoms. The highest BCUT2D eigenvalue weighted by atomic mass is 16.4. The number of aliphatic carboxylic acids is 1. The molecular formula is C12H24O2. The Hall–Kier alpha value is -0.530. The summed E-state index contributed by atoms with van der Waals surface area (Å²) in [5, 5.41) is 8.95. The molecule has 84 valence electrons. The van der Waals surface area contributed by atoms with Gasteiger partial charge in [0.15, 0.2) is 0 Å². The number of hydrogen-bond acceptors (Lipinski definition) is 1. The van der Waals surface area contributed by atoms with Gasteiger partial charge in [-0.05, 0) is 23.2 Å². The highest BCUT2D eigenvalue weighted by molar-refractivity contribution is 5.72. The Labute approximate surface area is 87.7 Å². The van der Waals surface area contributed by atoms with Crippen molar-refractivity contribution in [1.82, 2.24) is 0 Å². The van der Waals surface area contributed by atoms with Gasteiger partial charge in [-0.15, -0.1) is 0 Å². The Morgan fingerprint density at radius 1 is 1.36 bits per heavy atom. The van der Waals surface area contributed by atoms with Gasteiger partial charge in [0.25, 0.3) is 0 Å². The predicted molar refractivity (Wildman–Crippen MR) is 59.2 cm³/mol. The maximum atomic E-state index is 10.9. The molecule has 0 bridgehead atoms. The van der Waals surface area contributed by atoms with E-state index in [1.807, 2.05) is 0 Å². The zero-order chi connectivity index (χ0) is 10.4. The highest BCUT2D eigenvalue weighted by Crippen LogP contribution is 2.58. The number of carbonyl (C=O) groups is 1. The second-order valence-corrected chi connectivity index (χ2v) is 5.87. The van der Waals surface area contributed by atoms with E-state index in [0.29, 0.717) is 5.92 Å². The highest BCUT2D eigenvalue weighted by Gasteiger charge is 2.55. The van der Waals surface area contributed by atoms with Crippen LogP contribution in [-0.2, 0) is 4.79 Å². The molecule has 0 radical (unpaired) electrons. The molecular weight excluding hydrogens is 176 g/mol. The van der Waals surface area contributed by atoms with E-state index in [0.717, 1.165) is 6.42 Å². The van der Waals surface area contributed by atoms with Crippen LogP contribution in [0, 0.1) is 22.7 Å². The summed E-state index contributed by atoms with van der Waals surface area (Å²) in [6, 6.07) is 0. The molecule has 2 nitrogen and oxygen atoms in total. The summed E-state index contributed by atoms with van der Waals surface area (Å²) in [4.78, 5) is 10.9. The quantitative estimate of drug-likeness (QED) is 0.704. The number of carboxylic acids is 1. The van der Waals surface area contributed by atoms with E-state index in [9.17, 15) is 4.79 Å². The van der Waals surface area contributed by atoms with Crippen LogP contribution in [0.25, 0.3) is 0 Å². The van der Waals surface area contributed by atoms with E-state index < -0.39 is 5.97 Å². The summed E-state index contributed by atoms with van der Waals surface area (Å²) in [7, 11) is 0. The zero-order valence-electron chi connectivity index (χ0n) is 9.22. The molecule has 1 rings (SSSR count). The normalized spacial score (nSPS) is 30.1. The molecule has 0 amide bonds. The lowest BCUT2D eigenvalue weighted by Crippen LogP contribution is -2.53. The van der Waals surface area contributed by atoms with E-state index in [1.165, 1.54) is 0 Å². The molecule has 1 fully saturated rings. The van der Waals surface area contributed by atoms with Crippen LogP contribution in [0.1, 0.15) is 48.5 Å². The fourth-order valence-electron chi connectivity index (χ4n) is 2.81. The van der Waals surface area contributed by atoms with Gasteiger partial charge in [-0.3, -0.25) is 4.79 Å². The van der Waals surface area contributed by atoms with Gasteiger partial charge in [-0.2, -0.15) is 0 Å². The smallest absolute Gasteiger partial charge is 0.307 e. The summed E-state index contributed by atoms with van der Waals surface area (Å²) in [5.41, 5.74) is 0.194. The number of rotatable bonds is 1. The molecule has 0 aromatic rings. The second kappa shape index (κ2) is 3.56. The summed E-state index contributed by atoms with van der Waals surface area (Å²) in [6.07, 6.45) is 0.839.